The third kappa shape index (κ3) is 24.1. The number of benzene rings is 1. The van der Waals surface area contributed by atoms with Gasteiger partial charge in [0.2, 0.25) is 0 Å². The molecule has 0 atom stereocenters. The molecule has 1 aromatic rings. The Balaban J connectivity index is 0. The van der Waals surface area contributed by atoms with Crippen molar-refractivity contribution >= 4 is 11.9 Å². The molecule has 0 heterocycles. The number of aliphatic carboxylic acids is 2. The Morgan fingerprint density at radius 3 is 1.52 bits per heavy atom. The van der Waals surface area contributed by atoms with Crippen molar-refractivity contribution in [3.05, 3.63) is 23.8 Å². The molecule has 0 aliphatic rings. The minimum absolute atomic E-state index is 0.156. The first-order valence-corrected chi connectivity index (χ1v) is 8.60. The van der Waals surface area contributed by atoms with Gasteiger partial charge < -0.3 is 20.4 Å². The Kier molecular flexibility index (Phi) is 16.6. The van der Waals surface area contributed by atoms with E-state index in [-0.39, 0.29) is 11.5 Å². The number of hydrogen-bond acceptors (Lipinski definition) is 4. The molecule has 0 fully saturated rings. The zero-order valence-corrected chi connectivity index (χ0v) is 15.5. The molecule has 6 heteroatoms. The van der Waals surface area contributed by atoms with Gasteiger partial charge in [0.25, 0.3) is 11.9 Å². The highest BCUT2D eigenvalue weighted by molar-refractivity contribution is 5.63. The average Bonchev–Trinajstić information content (AvgIpc) is 2.44. The van der Waals surface area contributed by atoms with E-state index in [1.807, 2.05) is 0 Å². The lowest BCUT2D eigenvalue weighted by Gasteiger charge is -2.04. The highest BCUT2D eigenvalue weighted by atomic mass is 16.4. The summed E-state index contributed by atoms with van der Waals surface area (Å²) in [5.74, 6) is -1.36. The maximum Gasteiger partial charge on any atom is 0.300 e. The van der Waals surface area contributed by atoms with Gasteiger partial charge in [0, 0.05) is 19.9 Å². The Morgan fingerprint density at radius 2 is 1.12 bits per heavy atom. The van der Waals surface area contributed by atoms with Crippen LogP contribution in [0.4, 0.5) is 0 Å². The summed E-state index contributed by atoms with van der Waals surface area (Å²) in [4.78, 5) is 18.0. The van der Waals surface area contributed by atoms with Gasteiger partial charge in [-0.25, -0.2) is 0 Å². The zero-order valence-electron chi connectivity index (χ0n) is 15.5. The van der Waals surface area contributed by atoms with Crippen LogP contribution in [0.25, 0.3) is 0 Å². The van der Waals surface area contributed by atoms with Crippen molar-refractivity contribution in [2.24, 2.45) is 0 Å². The number of aromatic hydroxyl groups is 2. The van der Waals surface area contributed by atoms with Gasteiger partial charge in [0.15, 0.2) is 0 Å². The van der Waals surface area contributed by atoms with Crippen molar-refractivity contribution < 1.29 is 30.0 Å². The molecule has 144 valence electrons. The van der Waals surface area contributed by atoms with Crippen LogP contribution in [0.1, 0.15) is 71.3 Å². The second kappa shape index (κ2) is 16.6. The van der Waals surface area contributed by atoms with Crippen LogP contribution in [0.5, 0.6) is 11.5 Å². The van der Waals surface area contributed by atoms with Crippen molar-refractivity contribution in [3.63, 3.8) is 0 Å². The molecule has 4 N–H and O–H groups in total. The maximum absolute atomic E-state index is 9.33. The molecular formula is C19H32O6. The third-order valence-corrected chi connectivity index (χ3v) is 3.03. The zero-order chi connectivity index (χ0) is 19.7. The number of hydrogen-bond donors (Lipinski definition) is 4. The van der Waals surface area contributed by atoms with Crippen LogP contribution in [-0.2, 0) is 16.0 Å². The fraction of sp³-hybridized carbons (Fsp3) is 0.579. The maximum atomic E-state index is 9.33. The van der Waals surface area contributed by atoms with E-state index in [9.17, 15) is 10.2 Å². The van der Waals surface area contributed by atoms with Gasteiger partial charge in [-0.15, -0.1) is 0 Å². The van der Waals surface area contributed by atoms with Crippen molar-refractivity contribution in [1.82, 2.24) is 0 Å². The number of carboxylic acids is 2. The number of unbranched alkanes of at least 4 members (excludes halogenated alkanes) is 6. The summed E-state index contributed by atoms with van der Waals surface area (Å²) >= 11 is 0. The van der Waals surface area contributed by atoms with Crippen molar-refractivity contribution in [2.45, 2.75) is 72.1 Å². The minimum atomic E-state index is -0.833. The Morgan fingerprint density at radius 1 is 0.760 bits per heavy atom. The summed E-state index contributed by atoms with van der Waals surface area (Å²) in [7, 11) is 0. The molecule has 1 rings (SSSR count). The van der Waals surface area contributed by atoms with Crippen LogP contribution in [-0.4, -0.2) is 32.4 Å². The number of aryl methyl sites for hydroxylation is 1. The number of phenolic OH excluding ortho intramolecular Hbond substituents is 2. The quantitative estimate of drug-likeness (QED) is 0.507. The summed E-state index contributed by atoms with van der Waals surface area (Å²) in [5.41, 5.74) is 1.02. The SMILES string of the molecule is CC(=O)O.CC(=O)O.CCCCCCCCCc1cc(O)cc(O)c1. The average molecular weight is 356 g/mol. The molecule has 0 saturated carbocycles. The first-order valence-electron chi connectivity index (χ1n) is 8.60. The second-order valence-corrected chi connectivity index (χ2v) is 5.77. The van der Waals surface area contributed by atoms with E-state index in [0.29, 0.717) is 0 Å². The molecule has 0 spiro atoms. The van der Waals surface area contributed by atoms with Gasteiger partial charge in [-0.05, 0) is 30.5 Å². The first kappa shape index (κ1) is 25.0. The Labute approximate surface area is 150 Å². The fourth-order valence-corrected chi connectivity index (χ4v) is 2.09. The van der Waals surface area contributed by atoms with Gasteiger partial charge in [-0.3, -0.25) is 9.59 Å². The monoisotopic (exact) mass is 356 g/mol. The van der Waals surface area contributed by atoms with Crippen LogP contribution in [0.2, 0.25) is 0 Å². The van der Waals surface area contributed by atoms with E-state index in [0.717, 1.165) is 32.3 Å². The standard InChI is InChI=1S/C15H24O2.2C2H4O2/c1-2-3-4-5-6-7-8-9-13-10-14(16)12-15(17)11-13;2*1-2(3)4/h10-12,16-17H,2-9H2,1H3;2*1H3,(H,3,4). The lowest BCUT2D eigenvalue weighted by atomic mass is 10.0. The smallest absolute Gasteiger partial charge is 0.300 e. The molecule has 0 aliphatic carbocycles. The molecule has 0 saturated heterocycles. The second-order valence-electron chi connectivity index (χ2n) is 5.77. The van der Waals surface area contributed by atoms with Crippen LogP contribution >= 0.6 is 0 Å². The molecule has 6 nitrogen and oxygen atoms in total. The number of rotatable bonds is 8. The molecule has 0 unspecified atom stereocenters. The van der Waals surface area contributed by atoms with Gasteiger partial charge >= 0.3 is 0 Å². The minimum Gasteiger partial charge on any atom is -0.508 e. The predicted molar refractivity (Wildman–Crippen MR) is 98.1 cm³/mol. The highest BCUT2D eigenvalue weighted by Crippen LogP contribution is 2.21. The lowest BCUT2D eigenvalue weighted by molar-refractivity contribution is -0.135. The van der Waals surface area contributed by atoms with E-state index in [1.165, 1.54) is 44.6 Å². The van der Waals surface area contributed by atoms with Gasteiger partial charge in [0.05, 0.1) is 0 Å². The number of phenols is 2. The van der Waals surface area contributed by atoms with Crippen molar-refractivity contribution in [1.29, 1.82) is 0 Å². The Bertz CT molecular complexity index is 445. The topological polar surface area (TPSA) is 115 Å². The molecule has 1 aromatic carbocycles. The van der Waals surface area contributed by atoms with E-state index in [1.54, 1.807) is 12.1 Å². The predicted octanol–water partition coefficient (Wildman–Crippen LogP) is 4.57. The van der Waals surface area contributed by atoms with E-state index >= 15 is 0 Å². The summed E-state index contributed by atoms with van der Waals surface area (Å²) in [5, 5.41) is 33.5. The highest BCUT2D eigenvalue weighted by Gasteiger charge is 1.99. The molecular weight excluding hydrogens is 324 g/mol. The third-order valence-electron chi connectivity index (χ3n) is 3.03. The first-order chi connectivity index (χ1) is 11.7. The summed E-state index contributed by atoms with van der Waals surface area (Å²) in [6, 6.07) is 4.84. The number of carbonyl (C=O) groups is 2. The van der Waals surface area contributed by atoms with Gasteiger partial charge in [-0.1, -0.05) is 45.4 Å². The van der Waals surface area contributed by atoms with Gasteiger partial charge in [0.1, 0.15) is 11.5 Å². The van der Waals surface area contributed by atoms with Crippen molar-refractivity contribution in [2.75, 3.05) is 0 Å². The largest absolute Gasteiger partial charge is 0.508 e. The Hall–Kier alpha value is -2.24. The van der Waals surface area contributed by atoms with Crippen LogP contribution in [0.15, 0.2) is 18.2 Å². The van der Waals surface area contributed by atoms with E-state index < -0.39 is 11.9 Å². The number of carboxylic acid groups (broad SMARTS) is 2. The van der Waals surface area contributed by atoms with Crippen LogP contribution < -0.4 is 0 Å². The van der Waals surface area contributed by atoms with E-state index in [2.05, 4.69) is 6.92 Å². The van der Waals surface area contributed by atoms with Crippen LogP contribution in [0.3, 0.4) is 0 Å². The van der Waals surface area contributed by atoms with E-state index in [4.69, 9.17) is 19.8 Å². The summed E-state index contributed by atoms with van der Waals surface area (Å²) in [6.45, 7) is 4.40. The normalized spacial score (nSPS) is 9.24. The van der Waals surface area contributed by atoms with Gasteiger partial charge in [-0.2, -0.15) is 0 Å². The molecule has 25 heavy (non-hydrogen) atoms. The molecule has 0 bridgehead atoms. The lowest BCUT2D eigenvalue weighted by Crippen LogP contribution is -1.86. The molecule has 0 amide bonds. The molecule has 0 radical (unpaired) electrons. The fourth-order valence-electron chi connectivity index (χ4n) is 2.09. The summed E-state index contributed by atoms with van der Waals surface area (Å²) < 4.78 is 0. The van der Waals surface area contributed by atoms with Crippen molar-refractivity contribution in [3.8, 4) is 11.5 Å². The molecule has 0 aliphatic heterocycles. The summed E-state index contributed by atoms with van der Waals surface area (Å²) in [6.07, 6.45) is 9.93. The van der Waals surface area contributed by atoms with Crippen LogP contribution in [0, 0.1) is 0 Å². The molecule has 0 aromatic heterocycles.